The number of ether oxygens (including phenoxy) is 1. The summed E-state index contributed by atoms with van der Waals surface area (Å²) in [5, 5.41) is 5.36. The van der Waals surface area contributed by atoms with E-state index in [4.69, 9.17) is 21.5 Å². The number of hydrogen-bond acceptors (Lipinski definition) is 3. The molecule has 0 saturated heterocycles. The molecule has 1 atom stereocenters. The van der Waals surface area contributed by atoms with Crippen molar-refractivity contribution in [3.8, 4) is 5.75 Å². The third kappa shape index (κ3) is 5.46. The number of hydrogen-bond donors (Lipinski definition) is 1. The van der Waals surface area contributed by atoms with E-state index >= 15 is 0 Å². The standard InChI is InChI=1S/C19H24ClNO3S/c1-3-4-5-12-24-17-9-6-15(7-10-17)14(2)16-8-11-18(20)19(13-16)25(21,22)23/h6-11,13-14H,3-5,12H2,1-2H3,(H2,21,22,23). The third-order valence-corrected chi connectivity index (χ3v) is 5.55. The summed E-state index contributed by atoms with van der Waals surface area (Å²) in [6.07, 6.45) is 3.38. The first-order valence-corrected chi connectivity index (χ1v) is 10.3. The van der Waals surface area contributed by atoms with Gasteiger partial charge in [-0.2, -0.15) is 0 Å². The molecule has 1 unspecified atom stereocenters. The van der Waals surface area contributed by atoms with Gasteiger partial charge >= 0.3 is 0 Å². The Balaban J connectivity index is 2.14. The molecule has 4 nitrogen and oxygen atoms in total. The Morgan fingerprint density at radius 2 is 1.72 bits per heavy atom. The Kier molecular flexibility index (Phi) is 6.87. The number of nitrogens with two attached hydrogens (primary N) is 1. The molecule has 0 aliphatic heterocycles. The molecule has 0 heterocycles. The van der Waals surface area contributed by atoms with Crippen LogP contribution in [0.15, 0.2) is 47.4 Å². The average molecular weight is 382 g/mol. The second-order valence-corrected chi connectivity index (χ2v) is 8.02. The zero-order valence-electron chi connectivity index (χ0n) is 14.5. The van der Waals surface area contributed by atoms with Gasteiger partial charge in [-0.1, -0.05) is 56.5 Å². The van der Waals surface area contributed by atoms with Crippen molar-refractivity contribution in [3.63, 3.8) is 0 Å². The lowest BCUT2D eigenvalue weighted by Crippen LogP contribution is -2.13. The normalized spacial score (nSPS) is 12.8. The fraction of sp³-hybridized carbons (Fsp3) is 0.368. The zero-order chi connectivity index (χ0) is 18.4. The maximum Gasteiger partial charge on any atom is 0.239 e. The average Bonchev–Trinajstić information content (AvgIpc) is 2.58. The number of halogens is 1. The highest BCUT2D eigenvalue weighted by atomic mass is 35.5. The molecule has 25 heavy (non-hydrogen) atoms. The molecule has 0 amide bonds. The molecule has 0 aliphatic rings. The van der Waals surface area contributed by atoms with Crippen LogP contribution >= 0.6 is 11.6 Å². The molecule has 0 aromatic heterocycles. The summed E-state index contributed by atoms with van der Waals surface area (Å²) in [5.41, 5.74) is 1.90. The van der Waals surface area contributed by atoms with E-state index in [9.17, 15) is 8.42 Å². The summed E-state index contributed by atoms with van der Waals surface area (Å²) >= 11 is 5.95. The number of benzene rings is 2. The van der Waals surface area contributed by atoms with E-state index in [0.717, 1.165) is 36.3 Å². The molecule has 0 bridgehead atoms. The minimum Gasteiger partial charge on any atom is -0.494 e. The molecule has 0 saturated carbocycles. The van der Waals surface area contributed by atoms with Crippen LogP contribution in [0.3, 0.4) is 0 Å². The van der Waals surface area contributed by atoms with E-state index in [2.05, 4.69) is 6.92 Å². The summed E-state index contributed by atoms with van der Waals surface area (Å²) in [5.74, 6) is 0.847. The largest absolute Gasteiger partial charge is 0.494 e. The highest BCUT2D eigenvalue weighted by molar-refractivity contribution is 7.89. The first kappa shape index (κ1) is 19.8. The van der Waals surface area contributed by atoms with Crippen molar-refractivity contribution in [2.75, 3.05) is 6.61 Å². The molecule has 0 aliphatic carbocycles. The molecule has 136 valence electrons. The van der Waals surface area contributed by atoms with Gasteiger partial charge in [0.25, 0.3) is 0 Å². The molecule has 0 spiro atoms. The van der Waals surface area contributed by atoms with Gasteiger partial charge in [0, 0.05) is 5.92 Å². The molecule has 2 N–H and O–H groups in total. The van der Waals surface area contributed by atoms with E-state index < -0.39 is 10.0 Å². The van der Waals surface area contributed by atoms with E-state index in [1.807, 2.05) is 37.3 Å². The van der Waals surface area contributed by atoms with Crippen molar-refractivity contribution in [3.05, 3.63) is 58.6 Å². The predicted octanol–water partition coefficient (Wildman–Crippen LogP) is 4.71. The van der Waals surface area contributed by atoms with E-state index in [0.29, 0.717) is 0 Å². The maximum absolute atomic E-state index is 11.6. The third-order valence-electron chi connectivity index (χ3n) is 4.16. The van der Waals surface area contributed by atoms with Gasteiger partial charge in [0.1, 0.15) is 10.6 Å². The highest BCUT2D eigenvalue weighted by Gasteiger charge is 2.16. The highest BCUT2D eigenvalue weighted by Crippen LogP contribution is 2.30. The second-order valence-electron chi connectivity index (χ2n) is 6.08. The topological polar surface area (TPSA) is 69.4 Å². The Morgan fingerprint density at radius 1 is 1.08 bits per heavy atom. The number of unbranched alkanes of at least 4 members (excludes halogenated alkanes) is 2. The van der Waals surface area contributed by atoms with E-state index in [1.54, 1.807) is 6.07 Å². The lowest BCUT2D eigenvalue weighted by Gasteiger charge is -2.15. The molecule has 6 heteroatoms. The van der Waals surface area contributed by atoms with Gasteiger partial charge in [0.05, 0.1) is 11.6 Å². The van der Waals surface area contributed by atoms with Crippen LogP contribution in [0.2, 0.25) is 5.02 Å². The van der Waals surface area contributed by atoms with Gasteiger partial charge < -0.3 is 4.74 Å². The molecule has 2 aromatic rings. The SMILES string of the molecule is CCCCCOc1ccc(C(C)c2ccc(Cl)c(S(N)(=O)=O)c2)cc1. The van der Waals surface area contributed by atoms with E-state index in [-0.39, 0.29) is 15.8 Å². The van der Waals surface area contributed by atoms with Crippen LogP contribution in [0.1, 0.15) is 50.2 Å². The van der Waals surface area contributed by atoms with Crippen molar-refractivity contribution in [2.45, 2.75) is 43.9 Å². The molecular weight excluding hydrogens is 358 g/mol. The minimum atomic E-state index is -3.85. The fourth-order valence-corrected chi connectivity index (χ4v) is 3.67. The maximum atomic E-state index is 11.6. The first-order chi connectivity index (χ1) is 11.8. The summed E-state index contributed by atoms with van der Waals surface area (Å²) < 4.78 is 29.0. The van der Waals surface area contributed by atoms with Crippen LogP contribution < -0.4 is 9.88 Å². The predicted molar refractivity (Wildman–Crippen MR) is 102 cm³/mol. The summed E-state index contributed by atoms with van der Waals surface area (Å²) in [7, 11) is -3.85. The quantitative estimate of drug-likeness (QED) is 0.673. The van der Waals surface area contributed by atoms with Gasteiger partial charge in [-0.25, -0.2) is 13.6 Å². The van der Waals surface area contributed by atoms with Crippen LogP contribution in [0.5, 0.6) is 5.75 Å². The molecule has 0 radical (unpaired) electrons. The number of sulfonamides is 1. The fourth-order valence-electron chi connectivity index (χ4n) is 2.59. The van der Waals surface area contributed by atoms with E-state index in [1.165, 1.54) is 12.5 Å². The van der Waals surface area contributed by atoms with Crippen molar-refractivity contribution >= 4 is 21.6 Å². The minimum absolute atomic E-state index is 0.00640. The zero-order valence-corrected chi connectivity index (χ0v) is 16.1. The summed E-state index contributed by atoms with van der Waals surface area (Å²) in [6, 6.07) is 12.8. The van der Waals surface area contributed by atoms with Gasteiger partial charge in [0.2, 0.25) is 10.0 Å². The molecule has 2 aromatic carbocycles. The van der Waals surface area contributed by atoms with Crippen LogP contribution in [0, 0.1) is 0 Å². The van der Waals surface area contributed by atoms with Crippen molar-refractivity contribution in [2.24, 2.45) is 5.14 Å². The Morgan fingerprint density at radius 3 is 2.32 bits per heavy atom. The Hall–Kier alpha value is -1.56. The van der Waals surface area contributed by atoms with Gasteiger partial charge in [-0.15, -0.1) is 0 Å². The van der Waals surface area contributed by atoms with Crippen LogP contribution in [-0.2, 0) is 10.0 Å². The van der Waals surface area contributed by atoms with Gasteiger partial charge in [-0.3, -0.25) is 0 Å². The molecule has 0 fully saturated rings. The van der Waals surface area contributed by atoms with Crippen molar-refractivity contribution < 1.29 is 13.2 Å². The van der Waals surface area contributed by atoms with Crippen molar-refractivity contribution in [1.29, 1.82) is 0 Å². The molecular formula is C19H24ClNO3S. The van der Waals surface area contributed by atoms with Gasteiger partial charge in [-0.05, 0) is 41.8 Å². The first-order valence-electron chi connectivity index (χ1n) is 8.38. The Labute approximate surface area is 155 Å². The molecule has 2 rings (SSSR count). The second kappa shape index (κ2) is 8.70. The van der Waals surface area contributed by atoms with Crippen LogP contribution in [0.4, 0.5) is 0 Å². The lowest BCUT2D eigenvalue weighted by molar-refractivity contribution is 0.306. The van der Waals surface area contributed by atoms with Crippen LogP contribution in [0.25, 0.3) is 0 Å². The summed E-state index contributed by atoms with van der Waals surface area (Å²) in [6.45, 7) is 4.89. The monoisotopic (exact) mass is 381 g/mol. The van der Waals surface area contributed by atoms with Crippen LogP contribution in [-0.4, -0.2) is 15.0 Å². The van der Waals surface area contributed by atoms with Crippen molar-refractivity contribution in [1.82, 2.24) is 0 Å². The summed E-state index contributed by atoms with van der Waals surface area (Å²) in [4.78, 5) is -0.0469. The lowest BCUT2D eigenvalue weighted by atomic mass is 9.93. The Bertz CT molecular complexity index is 804. The smallest absolute Gasteiger partial charge is 0.239 e. The van der Waals surface area contributed by atoms with Gasteiger partial charge in [0.15, 0.2) is 0 Å². The number of primary sulfonamides is 1. The number of rotatable bonds is 8.